The molecule has 0 radical (unpaired) electrons. The van der Waals surface area contributed by atoms with Crippen molar-refractivity contribution in [3.8, 4) is 5.75 Å². The molecule has 0 spiro atoms. The van der Waals surface area contributed by atoms with Gasteiger partial charge >= 0.3 is 0 Å². The van der Waals surface area contributed by atoms with E-state index in [9.17, 15) is 23.5 Å². The number of pyridine rings is 1. The van der Waals surface area contributed by atoms with Crippen molar-refractivity contribution in [3.63, 3.8) is 0 Å². The van der Waals surface area contributed by atoms with Crippen molar-refractivity contribution in [2.75, 3.05) is 11.7 Å². The average molecular weight is 572 g/mol. The molecule has 2 heterocycles. The predicted molar refractivity (Wildman–Crippen MR) is 159 cm³/mol. The Balaban J connectivity index is 0.00000173. The Hall–Kier alpha value is -4.46. The van der Waals surface area contributed by atoms with E-state index in [2.05, 4.69) is 0 Å². The van der Waals surface area contributed by atoms with Crippen LogP contribution in [0.5, 0.6) is 5.75 Å². The first-order valence-corrected chi connectivity index (χ1v) is 14.2. The van der Waals surface area contributed by atoms with E-state index in [-0.39, 0.29) is 24.8 Å². The molecular formula is C34H35F2N3O3. The molecule has 42 heavy (non-hydrogen) atoms. The molecular weight excluding hydrogens is 536 g/mol. The van der Waals surface area contributed by atoms with E-state index < -0.39 is 34.3 Å². The maximum atomic E-state index is 15.0. The molecule has 0 fully saturated rings. The Labute approximate surface area is 244 Å². The maximum absolute atomic E-state index is 15.0. The van der Waals surface area contributed by atoms with Gasteiger partial charge in [0.15, 0.2) is 23.1 Å². The molecule has 1 N–H and O–H groups in total. The molecule has 0 saturated carbocycles. The van der Waals surface area contributed by atoms with Crippen molar-refractivity contribution in [3.05, 3.63) is 134 Å². The standard InChI is InChI=1S/C32H29F2N3O3.C2H6/c1-19-7-6-9-22(13-19)17-35-18-37(36-12-11-28(38)30(39)29(36)31(35)40)32(24-10-5-4-8-20(24)2)21(3)14-23-15-26(33)27(34)16-25(23)32;1-2/h4-13,15-16,21,39H,14,17-18H2,1-3H3;1-2H3. The molecule has 3 aromatic carbocycles. The molecule has 1 aromatic heterocycles. The van der Waals surface area contributed by atoms with Gasteiger partial charge in [-0.2, -0.15) is 0 Å². The number of hydrogen-bond donors (Lipinski definition) is 1. The molecule has 1 amide bonds. The third-order valence-corrected chi connectivity index (χ3v) is 8.32. The van der Waals surface area contributed by atoms with Crippen LogP contribution in [-0.4, -0.2) is 27.3 Å². The highest BCUT2D eigenvalue weighted by Gasteiger charge is 2.54. The van der Waals surface area contributed by atoms with E-state index in [0.717, 1.165) is 22.3 Å². The van der Waals surface area contributed by atoms with Gasteiger partial charge in [-0.3, -0.25) is 19.3 Å². The highest BCUT2D eigenvalue weighted by Crippen LogP contribution is 2.52. The van der Waals surface area contributed by atoms with Crippen LogP contribution in [-0.2, 0) is 18.5 Å². The van der Waals surface area contributed by atoms with Crippen molar-refractivity contribution in [2.24, 2.45) is 5.92 Å². The quantitative estimate of drug-likeness (QED) is 0.319. The van der Waals surface area contributed by atoms with Gasteiger partial charge in [-0.15, -0.1) is 0 Å². The van der Waals surface area contributed by atoms with Crippen LogP contribution in [0.25, 0.3) is 0 Å². The van der Waals surface area contributed by atoms with Crippen molar-refractivity contribution in [1.29, 1.82) is 0 Å². The number of hydrogen-bond acceptors (Lipinski definition) is 4. The molecule has 0 bridgehead atoms. The number of halogens is 2. The van der Waals surface area contributed by atoms with Crippen LogP contribution in [0.1, 0.15) is 64.6 Å². The third-order valence-electron chi connectivity index (χ3n) is 8.32. The number of aromatic hydroxyl groups is 1. The molecule has 8 heteroatoms. The fraction of sp³-hybridized carbons (Fsp3) is 0.294. The minimum atomic E-state index is -1.06. The van der Waals surface area contributed by atoms with Crippen molar-refractivity contribution >= 4 is 5.91 Å². The summed E-state index contributed by atoms with van der Waals surface area (Å²) in [5.41, 5.74) is 3.07. The Morgan fingerprint density at radius 1 is 0.929 bits per heavy atom. The minimum Gasteiger partial charge on any atom is -0.502 e. The van der Waals surface area contributed by atoms with Gasteiger partial charge in [0.05, 0.1) is 0 Å². The zero-order valence-corrected chi connectivity index (χ0v) is 24.5. The second-order valence-corrected chi connectivity index (χ2v) is 10.9. The van der Waals surface area contributed by atoms with Crippen LogP contribution in [0.15, 0.2) is 77.7 Å². The number of rotatable bonds is 4. The normalized spacial score (nSPS) is 19.2. The van der Waals surface area contributed by atoms with Crippen LogP contribution in [0, 0.1) is 31.4 Å². The van der Waals surface area contributed by atoms with E-state index >= 15 is 0 Å². The Morgan fingerprint density at radius 3 is 2.36 bits per heavy atom. The summed E-state index contributed by atoms with van der Waals surface area (Å²) in [6, 6.07) is 19.2. The Morgan fingerprint density at radius 2 is 1.64 bits per heavy atom. The van der Waals surface area contributed by atoms with Gasteiger partial charge in [-0.25, -0.2) is 8.78 Å². The van der Waals surface area contributed by atoms with Crippen molar-refractivity contribution in [1.82, 2.24) is 9.58 Å². The fourth-order valence-electron chi connectivity index (χ4n) is 6.59. The first kappa shape index (κ1) is 29.0. The largest absolute Gasteiger partial charge is 0.502 e. The molecule has 218 valence electrons. The van der Waals surface area contributed by atoms with Gasteiger partial charge in [0.1, 0.15) is 12.2 Å². The lowest BCUT2D eigenvalue weighted by molar-refractivity contribution is 0.0628. The molecule has 2 unspecified atom stereocenters. The summed E-state index contributed by atoms with van der Waals surface area (Å²) < 4.78 is 31.0. The Kier molecular flexibility index (Phi) is 7.66. The van der Waals surface area contributed by atoms with Gasteiger partial charge in [0, 0.05) is 18.8 Å². The number of amides is 1. The summed E-state index contributed by atoms with van der Waals surface area (Å²) in [5, 5.41) is 12.8. The number of fused-ring (bicyclic) bond motifs is 2. The number of aromatic nitrogens is 1. The summed E-state index contributed by atoms with van der Waals surface area (Å²) in [6.45, 7) is 10.2. The highest BCUT2D eigenvalue weighted by molar-refractivity contribution is 5.96. The second-order valence-electron chi connectivity index (χ2n) is 10.9. The molecule has 6 rings (SSSR count). The number of benzene rings is 3. The molecule has 4 aromatic rings. The molecule has 1 aliphatic heterocycles. The number of nitrogens with zero attached hydrogens (tertiary/aromatic N) is 3. The van der Waals surface area contributed by atoms with Crippen LogP contribution < -0.4 is 10.4 Å². The van der Waals surface area contributed by atoms with Crippen LogP contribution in [0.4, 0.5) is 8.78 Å². The summed E-state index contributed by atoms with van der Waals surface area (Å²) >= 11 is 0. The van der Waals surface area contributed by atoms with Gasteiger partial charge in [-0.1, -0.05) is 74.9 Å². The Bertz CT molecular complexity index is 1730. The number of carbonyl (C=O) groups excluding carboxylic acids is 1. The van der Waals surface area contributed by atoms with Gasteiger partial charge in [0.25, 0.3) is 5.91 Å². The van der Waals surface area contributed by atoms with E-state index in [1.807, 2.05) is 88.2 Å². The lowest BCUT2D eigenvalue weighted by Gasteiger charge is -2.52. The number of carbonyl (C=O) groups is 1. The summed E-state index contributed by atoms with van der Waals surface area (Å²) in [5.74, 6) is -3.22. The maximum Gasteiger partial charge on any atom is 0.278 e. The first-order chi connectivity index (χ1) is 20.1. The van der Waals surface area contributed by atoms with Crippen molar-refractivity contribution in [2.45, 2.75) is 53.1 Å². The minimum absolute atomic E-state index is 0.0686. The first-order valence-electron chi connectivity index (χ1n) is 14.2. The molecule has 1 aliphatic carbocycles. The number of aryl methyl sites for hydroxylation is 2. The predicted octanol–water partition coefficient (Wildman–Crippen LogP) is 6.16. The molecule has 2 aliphatic rings. The van der Waals surface area contributed by atoms with Crippen LogP contribution >= 0.6 is 0 Å². The summed E-state index contributed by atoms with van der Waals surface area (Å²) in [6.07, 6.45) is 1.94. The molecule has 0 saturated heterocycles. The van der Waals surface area contributed by atoms with Crippen LogP contribution in [0.2, 0.25) is 0 Å². The fourth-order valence-corrected chi connectivity index (χ4v) is 6.59. The zero-order valence-electron chi connectivity index (χ0n) is 24.5. The topological polar surface area (TPSA) is 65.8 Å². The van der Waals surface area contributed by atoms with E-state index in [1.54, 1.807) is 4.90 Å². The molecule has 6 nitrogen and oxygen atoms in total. The van der Waals surface area contributed by atoms with Gasteiger partial charge < -0.3 is 10.0 Å². The van der Waals surface area contributed by atoms with Crippen LogP contribution in [0.3, 0.4) is 0 Å². The second kappa shape index (κ2) is 11.1. The highest BCUT2D eigenvalue weighted by atomic mass is 19.2. The monoisotopic (exact) mass is 571 g/mol. The van der Waals surface area contributed by atoms with Crippen molar-refractivity contribution < 1.29 is 18.7 Å². The lowest BCUT2D eigenvalue weighted by Crippen LogP contribution is -2.63. The van der Waals surface area contributed by atoms with E-state index in [1.165, 1.54) is 29.1 Å². The smallest absolute Gasteiger partial charge is 0.278 e. The average Bonchev–Trinajstić information content (AvgIpc) is 3.24. The van der Waals surface area contributed by atoms with Gasteiger partial charge in [-0.05, 0) is 66.1 Å². The van der Waals surface area contributed by atoms with Gasteiger partial charge in [0.2, 0.25) is 5.43 Å². The third kappa shape index (κ3) is 4.46. The lowest BCUT2D eigenvalue weighted by atomic mass is 9.75. The molecule has 2 atom stereocenters. The summed E-state index contributed by atoms with van der Waals surface area (Å²) in [4.78, 5) is 28.0. The SMILES string of the molecule is CC.Cc1cccc(CN2CN(C3(c4ccccc4C)c4cc(F)c(F)cc4CC3C)n3ccc(=O)c(O)c3C2=O)c1. The summed E-state index contributed by atoms with van der Waals surface area (Å²) in [7, 11) is 0. The van der Waals surface area contributed by atoms with E-state index in [4.69, 9.17) is 0 Å². The van der Waals surface area contributed by atoms with E-state index in [0.29, 0.717) is 17.5 Å². The zero-order chi connectivity index (χ0) is 30.3.